The van der Waals surface area contributed by atoms with Crippen LogP contribution in [0.15, 0.2) is 350 Å². The van der Waals surface area contributed by atoms with E-state index in [-0.39, 0.29) is 0 Å². The van der Waals surface area contributed by atoms with Gasteiger partial charge in [0.1, 0.15) is 45.6 Å². The summed E-state index contributed by atoms with van der Waals surface area (Å²) in [6.07, 6.45) is 0. The number of rotatable bonds is 10. The van der Waals surface area contributed by atoms with Crippen LogP contribution in [0.1, 0.15) is 27.7 Å². The Morgan fingerprint density at radius 2 is 0.527 bits per heavy atom. The Labute approximate surface area is 659 Å². The first-order valence-corrected chi connectivity index (χ1v) is 38.8. The Hall–Kier alpha value is -12.0. The van der Waals surface area contributed by atoms with Gasteiger partial charge < -0.3 is 18.1 Å². The number of para-hydroxylation sites is 12. The van der Waals surface area contributed by atoms with E-state index in [2.05, 4.69) is 336 Å². The average molecular weight is 1620 g/mol. The molecule has 0 radical (unpaired) electrons. The van der Waals surface area contributed by atoms with Crippen LogP contribution < -0.4 is 5.46 Å². The van der Waals surface area contributed by atoms with Gasteiger partial charge in [-0.1, -0.05) is 187 Å². The lowest BCUT2D eigenvalue weighted by Gasteiger charge is -2.32. The molecular weight excluding hydrogens is 1560 g/mol. The molecule has 1 saturated heterocycles. The third kappa shape index (κ3) is 12.5. The van der Waals surface area contributed by atoms with Crippen LogP contribution in [0.3, 0.4) is 0 Å². The van der Waals surface area contributed by atoms with Gasteiger partial charge in [0, 0.05) is 80.0 Å². The van der Waals surface area contributed by atoms with Crippen molar-refractivity contribution in [2.75, 3.05) is 0 Å². The zero-order valence-electron chi connectivity index (χ0n) is 60.1. The Kier molecular flexibility index (Phi) is 17.4. The van der Waals surface area contributed by atoms with Gasteiger partial charge in [0.25, 0.3) is 0 Å². The second kappa shape index (κ2) is 27.9. The van der Waals surface area contributed by atoms with Crippen LogP contribution in [-0.2, 0) is 9.31 Å². The maximum absolute atomic E-state index is 6.60. The van der Waals surface area contributed by atoms with Gasteiger partial charge in [0.05, 0.1) is 55.3 Å². The molecule has 12 nitrogen and oxygen atoms in total. The van der Waals surface area contributed by atoms with Gasteiger partial charge in [-0.05, 0) is 232 Å². The summed E-state index contributed by atoms with van der Waals surface area (Å²) in [5, 5.41) is 4.42. The lowest BCUT2D eigenvalue weighted by atomic mass is 9.77. The van der Waals surface area contributed by atoms with Crippen LogP contribution in [-0.4, -0.2) is 56.5 Å². The molecule has 110 heavy (non-hydrogen) atoms. The van der Waals surface area contributed by atoms with Gasteiger partial charge in [-0.25, -0.2) is 19.9 Å². The summed E-state index contributed by atoms with van der Waals surface area (Å²) in [5.41, 5.74) is 21.6. The zero-order chi connectivity index (χ0) is 74.4. The van der Waals surface area contributed by atoms with Gasteiger partial charge >= 0.3 is 7.12 Å². The number of fused-ring (bicyclic) bond motifs is 10. The quantitative estimate of drug-likeness (QED) is 0.124. The van der Waals surface area contributed by atoms with Crippen molar-refractivity contribution in [1.29, 1.82) is 0 Å². The van der Waals surface area contributed by atoms with E-state index in [0.29, 0.717) is 0 Å². The lowest BCUT2D eigenvalue weighted by molar-refractivity contribution is 0.00578. The van der Waals surface area contributed by atoms with E-state index in [9.17, 15) is 0 Å². The van der Waals surface area contributed by atoms with Crippen molar-refractivity contribution >= 4 is 148 Å². The molecule has 1 aliphatic rings. The van der Waals surface area contributed by atoms with Crippen molar-refractivity contribution in [3.63, 3.8) is 0 Å². The second-order valence-electron chi connectivity index (χ2n) is 28.4. The smallest absolute Gasteiger partial charge is 0.456 e. The molecule has 0 unspecified atom stereocenters. The van der Waals surface area contributed by atoms with E-state index in [0.717, 1.165) is 186 Å². The molecule has 1 aliphatic heterocycles. The van der Waals surface area contributed by atoms with Gasteiger partial charge in [-0.2, -0.15) is 0 Å². The molecule has 0 amide bonds. The molecule has 0 bridgehead atoms. The maximum atomic E-state index is 6.60. The Morgan fingerprint density at radius 3 is 0.845 bits per heavy atom. The van der Waals surface area contributed by atoms with Crippen molar-refractivity contribution < 1.29 is 18.1 Å². The largest absolute Gasteiger partial charge is 0.494 e. The molecule has 14 aromatic carbocycles. The number of halogens is 3. The van der Waals surface area contributed by atoms with Crippen molar-refractivity contribution in [3.05, 3.63) is 341 Å². The number of aromatic nitrogens is 8. The monoisotopic (exact) mass is 1620 g/mol. The van der Waals surface area contributed by atoms with Crippen LogP contribution in [0.5, 0.6) is 0 Å². The average Bonchev–Trinajstić information content (AvgIpc) is 1.58. The van der Waals surface area contributed by atoms with E-state index in [4.69, 9.17) is 38.1 Å². The van der Waals surface area contributed by atoms with Crippen molar-refractivity contribution in [1.82, 2.24) is 38.2 Å². The predicted octanol–water partition coefficient (Wildman–Crippen LogP) is 25.1. The summed E-state index contributed by atoms with van der Waals surface area (Å²) < 4.78 is 37.3. The van der Waals surface area contributed by atoms with Crippen molar-refractivity contribution in [3.8, 4) is 79.4 Å². The SMILES string of the molecule is Brc1ccc2oc3ccc(-c4cc(-c5nc6ccccc6n5-c5ccccc5)cc(-c5nc6ccccc6n5-c5ccccc5)c4)cc3c2c1.Brc1ccc2oc3ccc(Br)cc3c2c1.CC1(C)OB(c2cc(-c3nc4ccccc4n3-c3ccccc3)cc(-c3nc4ccccc4n3-c3ccccc3)c2)OC1(C)C. The van der Waals surface area contributed by atoms with Gasteiger partial charge in [0.15, 0.2) is 0 Å². The summed E-state index contributed by atoms with van der Waals surface area (Å²) in [4.78, 5) is 20.9. The summed E-state index contributed by atoms with van der Waals surface area (Å²) in [6, 6.07) is 113. The lowest BCUT2D eigenvalue weighted by Crippen LogP contribution is -2.41. The Bertz CT molecular complexity index is 6580. The van der Waals surface area contributed by atoms with Crippen LogP contribution in [0.4, 0.5) is 0 Å². The highest BCUT2D eigenvalue weighted by Crippen LogP contribution is 2.43. The predicted molar refractivity (Wildman–Crippen MR) is 458 cm³/mol. The zero-order valence-corrected chi connectivity index (χ0v) is 64.9. The number of benzene rings is 14. The molecule has 6 aromatic heterocycles. The van der Waals surface area contributed by atoms with E-state index in [1.54, 1.807) is 0 Å². The third-order valence-corrected chi connectivity index (χ3v) is 22.4. The fraction of sp³-hybridized carbons (Fsp3) is 0.0638. The number of hydrogen-bond donors (Lipinski definition) is 0. The Balaban J connectivity index is 0.000000126. The number of hydrogen-bond acceptors (Lipinski definition) is 8. The maximum Gasteiger partial charge on any atom is 0.494 e. The summed E-state index contributed by atoms with van der Waals surface area (Å²) in [5.74, 6) is 3.40. The van der Waals surface area contributed by atoms with E-state index < -0.39 is 18.3 Å². The Morgan fingerprint density at radius 1 is 0.264 bits per heavy atom. The molecule has 0 saturated carbocycles. The van der Waals surface area contributed by atoms with Crippen LogP contribution >= 0.6 is 47.8 Å². The molecule has 0 N–H and O–H groups in total. The molecular formula is C94H66BBr3N8O4. The fourth-order valence-corrected chi connectivity index (χ4v) is 16.0. The molecule has 0 spiro atoms. The summed E-state index contributed by atoms with van der Waals surface area (Å²) in [7, 11) is -0.558. The van der Waals surface area contributed by atoms with E-state index in [1.807, 2.05) is 84.9 Å². The summed E-state index contributed by atoms with van der Waals surface area (Å²) in [6.45, 7) is 8.34. The molecule has 21 rings (SSSR count). The third-order valence-electron chi connectivity index (χ3n) is 20.9. The normalized spacial score (nSPS) is 13.3. The van der Waals surface area contributed by atoms with E-state index in [1.165, 1.54) is 0 Å². The minimum absolute atomic E-state index is 0.484. The van der Waals surface area contributed by atoms with E-state index >= 15 is 0 Å². The summed E-state index contributed by atoms with van der Waals surface area (Å²) >= 11 is 10.6. The minimum atomic E-state index is -0.558. The topological polar surface area (TPSA) is 116 Å². The minimum Gasteiger partial charge on any atom is -0.456 e. The van der Waals surface area contributed by atoms with Gasteiger partial charge in [0.2, 0.25) is 0 Å². The fourth-order valence-electron chi connectivity index (χ4n) is 15.0. The van der Waals surface area contributed by atoms with Gasteiger partial charge in [-0.3, -0.25) is 18.3 Å². The molecule has 16 heteroatoms. The standard InChI is InChI=1S/C44H27BrN4O.C38H33BN4O2.C12H6Br2O/c45-32-20-22-42-36(27-32)35-26-28(19-21-41(35)50-42)29-23-30(43-46-37-15-7-9-17-39(37)48(43)33-11-3-1-4-12-33)25-31(24-29)44-47-38-16-8-10-18-40(38)49(44)34-13-5-2-6-14-34;1-37(2)38(3,4)45-39(44-37)28-24-26(35-40-31-19-11-13-21-33(31)42(35)29-15-7-5-8-16-29)23-27(25-28)36-41-32-20-12-14-22-34(32)43(36)30-17-9-6-10-18-30;13-7-1-3-11-9(5-7)10-6-8(14)2-4-12(10)15-11/h1-27H;5-25H,1-4H3;1-6H. The number of furan rings is 2. The number of imidazole rings is 4. The first-order chi connectivity index (χ1) is 53.7. The first-order valence-electron chi connectivity index (χ1n) is 36.4. The highest BCUT2D eigenvalue weighted by atomic mass is 79.9. The highest BCUT2D eigenvalue weighted by molar-refractivity contribution is 9.11. The first kappa shape index (κ1) is 68.5. The molecule has 1 fully saturated rings. The van der Waals surface area contributed by atoms with Crippen LogP contribution in [0.2, 0.25) is 0 Å². The molecule has 20 aromatic rings. The molecule has 0 atom stereocenters. The highest BCUT2D eigenvalue weighted by Gasteiger charge is 2.52. The van der Waals surface area contributed by atoms with Crippen LogP contribution in [0.25, 0.3) is 167 Å². The van der Waals surface area contributed by atoms with Gasteiger partial charge in [-0.15, -0.1) is 0 Å². The number of nitrogens with zero attached hydrogens (tertiary/aromatic N) is 8. The van der Waals surface area contributed by atoms with Crippen LogP contribution in [0, 0.1) is 0 Å². The molecule has 530 valence electrons. The molecule has 0 aliphatic carbocycles. The second-order valence-corrected chi connectivity index (χ2v) is 31.2. The molecule has 7 heterocycles. The van der Waals surface area contributed by atoms with Crippen molar-refractivity contribution in [2.24, 2.45) is 0 Å². The van der Waals surface area contributed by atoms with Crippen molar-refractivity contribution in [2.45, 2.75) is 38.9 Å².